The first-order chi connectivity index (χ1) is 9.63. The summed E-state index contributed by atoms with van der Waals surface area (Å²) >= 11 is 3.59. The number of anilines is 1. The Morgan fingerprint density at radius 2 is 1.85 bits per heavy atom. The van der Waals surface area contributed by atoms with Crippen LogP contribution in [0.3, 0.4) is 0 Å². The van der Waals surface area contributed by atoms with E-state index in [-0.39, 0.29) is 0 Å². The third-order valence-electron chi connectivity index (χ3n) is 3.08. The average Bonchev–Trinajstić information content (AvgIpc) is 2.46. The molecule has 0 unspecified atom stereocenters. The molecule has 0 spiro atoms. The Morgan fingerprint density at radius 1 is 1.05 bits per heavy atom. The molecule has 3 nitrogen and oxygen atoms in total. The molecule has 0 radical (unpaired) electrons. The first-order valence-corrected chi connectivity index (χ1v) is 7.14. The molecule has 0 atom stereocenters. The number of benzene rings is 2. The Balaban J connectivity index is 2.17. The lowest BCUT2D eigenvalue weighted by Gasteiger charge is -2.13. The Labute approximate surface area is 128 Å². The Kier molecular flexibility index (Phi) is 4.90. The molecule has 0 aliphatic heterocycles. The van der Waals surface area contributed by atoms with Crippen molar-refractivity contribution in [2.75, 3.05) is 19.5 Å². The van der Waals surface area contributed by atoms with Gasteiger partial charge in [0, 0.05) is 17.1 Å². The normalized spacial score (nSPS) is 10.2. The van der Waals surface area contributed by atoms with Crippen molar-refractivity contribution in [2.45, 2.75) is 13.5 Å². The van der Waals surface area contributed by atoms with Gasteiger partial charge in [-0.2, -0.15) is 0 Å². The van der Waals surface area contributed by atoms with E-state index in [1.807, 2.05) is 18.2 Å². The van der Waals surface area contributed by atoms with Crippen molar-refractivity contribution >= 4 is 21.6 Å². The third-order valence-corrected chi connectivity index (χ3v) is 3.82. The Bertz CT molecular complexity index is 599. The molecule has 0 saturated carbocycles. The lowest BCUT2D eigenvalue weighted by molar-refractivity contribution is 0.404. The van der Waals surface area contributed by atoms with Crippen LogP contribution in [0.25, 0.3) is 0 Å². The molecule has 0 saturated heterocycles. The van der Waals surface area contributed by atoms with Gasteiger partial charge in [0.05, 0.1) is 19.9 Å². The van der Waals surface area contributed by atoms with Crippen molar-refractivity contribution < 1.29 is 9.47 Å². The summed E-state index contributed by atoms with van der Waals surface area (Å²) in [5.74, 6) is 1.60. The highest BCUT2D eigenvalue weighted by molar-refractivity contribution is 9.10. The van der Waals surface area contributed by atoms with Gasteiger partial charge in [0.15, 0.2) is 0 Å². The van der Waals surface area contributed by atoms with E-state index in [9.17, 15) is 0 Å². The van der Waals surface area contributed by atoms with E-state index < -0.39 is 0 Å². The van der Waals surface area contributed by atoms with E-state index in [4.69, 9.17) is 9.47 Å². The van der Waals surface area contributed by atoms with Crippen molar-refractivity contribution in [1.29, 1.82) is 0 Å². The number of hydrogen-bond donors (Lipinski definition) is 1. The van der Waals surface area contributed by atoms with Crippen LogP contribution in [0, 0.1) is 6.92 Å². The van der Waals surface area contributed by atoms with Crippen LogP contribution in [-0.2, 0) is 6.54 Å². The van der Waals surface area contributed by atoms with Gasteiger partial charge in [-0.3, -0.25) is 0 Å². The lowest BCUT2D eigenvalue weighted by Crippen LogP contribution is -2.02. The summed E-state index contributed by atoms with van der Waals surface area (Å²) in [5, 5.41) is 3.38. The highest BCUT2D eigenvalue weighted by Gasteiger charge is 2.06. The SMILES string of the molecule is COc1ccc(OC)c(NCc2ccc(C)cc2Br)c1. The average molecular weight is 336 g/mol. The molecule has 2 rings (SSSR count). The number of hydrogen-bond acceptors (Lipinski definition) is 3. The molecule has 4 heteroatoms. The highest BCUT2D eigenvalue weighted by atomic mass is 79.9. The summed E-state index contributed by atoms with van der Waals surface area (Å²) in [5.41, 5.74) is 3.35. The maximum absolute atomic E-state index is 5.35. The van der Waals surface area contributed by atoms with Crippen molar-refractivity contribution in [3.05, 3.63) is 52.0 Å². The summed E-state index contributed by atoms with van der Waals surface area (Å²) in [6.07, 6.45) is 0. The van der Waals surface area contributed by atoms with Crippen LogP contribution in [-0.4, -0.2) is 14.2 Å². The number of nitrogens with one attached hydrogen (secondary N) is 1. The second kappa shape index (κ2) is 6.66. The van der Waals surface area contributed by atoms with Gasteiger partial charge in [0.2, 0.25) is 0 Å². The minimum Gasteiger partial charge on any atom is -0.497 e. The van der Waals surface area contributed by atoms with Gasteiger partial charge in [-0.05, 0) is 36.2 Å². The van der Waals surface area contributed by atoms with Crippen molar-refractivity contribution in [3.63, 3.8) is 0 Å². The largest absolute Gasteiger partial charge is 0.497 e. The maximum Gasteiger partial charge on any atom is 0.142 e. The second-order valence-corrected chi connectivity index (χ2v) is 5.37. The van der Waals surface area contributed by atoms with E-state index in [1.54, 1.807) is 14.2 Å². The van der Waals surface area contributed by atoms with E-state index in [2.05, 4.69) is 46.4 Å². The number of methoxy groups -OCH3 is 2. The molecule has 0 aromatic heterocycles. The predicted molar refractivity (Wildman–Crippen MR) is 85.8 cm³/mol. The van der Waals surface area contributed by atoms with Crippen LogP contribution in [0.2, 0.25) is 0 Å². The Morgan fingerprint density at radius 3 is 2.50 bits per heavy atom. The molecule has 2 aromatic carbocycles. The van der Waals surface area contributed by atoms with E-state index in [0.29, 0.717) is 6.54 Å². The van der Waals surface area contributed by atoms with Crippen molar-refractivity contribution in [2.24, 2.45) is 0 Å². The summed E-state index contributed by atoms with van der Waals surface area (Å²) in [6, 6.07) is 12.0. The van der Waals surface area contributed by atoms with Crippen LogP contribution in [0.15, 0.2) is 40.9 Å². The molecule has 0 amide bonds. The van der Waals surface area contributed by atoms with E-state index in [1.165, 1.54) is 11.1 Å². The molecule has 0 heterocycles. The van der Waals surface area contributed by atoms with Gasteiger partial charge in [-0.1, -0.05) is 28.1 Å². The van der Waals surface area contributed by atoms with Gasteiger partial charge in [0.25, 0.3) is 0 Å². The van der Waals surface area contributed by atoms with Crippen LogP contribution in [0.1, 0.15) is 11.1 Å². The van der Waals surface area contributed by atoms with E-state index >= 15 is 0 Å². The lowest BCUT2D eigenvalue weighted by atomic mass is 10.1. The molecule has 0 bridgehead atoms. The molecular weight excluding hydrogens is 318 g/mol. The summed E-state index contributed by atoms with van der Waals surface area (Å²) in [4.78, 5) is 0. The first kappa shape index (κ1) is 14.7. The first-order valence-electron chi connectivity index (χ1n) is 6.35. The molecule has 106 valence electrons. The summed E-state index contributed by atoms with van der Waals surface area (Å²) in [7, 11) is 3.32. The zero-order chi connectivity index (χ0) is 14.5. The molecule has 0 fully saturated rings. The summed E-state index contributed by atoms with van der Waals surface area (Å²) < 4.78 is 11.7. The van der Waals surface area contributed by atoms with Crippen molar-refractivity contribution in [1.82, 2.24) is 0 Å². The van der Waals surface area contributed by atoms with Gasteiger partial charge >= 0.3 is 0 Å². The minimum absolute atomic E-state index is 0.713. The van der Waals surface area contributed by atoms with Crippen LogP contribution < -0.4 is 14.8 Å². The molecule has 0 aliphatic carbocycles. The second-order valence-electron chi connectivity index (χ2n) is 4.51. The van der Waals surface area contributed by atoms with E-state index in [0.717, 1.165) is 21.7 Å². The summed E-state index contributed by atoms with van der Waals surface area (Å²) in [6.45, 7) is 2.79. The van der Waals surface area contributed by atoms with Gasteiger partial charge < -0.3 is 14.8 Å². The fraction of sp³-hybridized carbons (Fsp3) is 0.250. The highest BCUT2D eigenvalue weighted by Crippen LogP contribution is 2.30. The zero-order valence-electron chi connectivity index (χ0n) is 11.9. The zero-order valence-corrected chi connectivity index (χ0v) is 13.5. The predicted octanol–water partition coefficient (Wildman–Crippen LogP) is 4.39. The number of halogens is 1. The van der Waals surface area contributed by atoms with Gasteiger partial charge in [0.1, 0.15) is 11.5 Å². The number of rotatable bonds is 5. The molecular formula is C16H18BrNO2. The molecule has 0 aliphatic rings. The van der Waals surface area contributed by atoms with Gasteiger partial charge in [-0.15, -0.1) is 0 Å². The van der Waals surface area contributed by atoms with Crippen molar-refractivity contribution in [3.8, 4) is 11.5 Å². The van der Waals surface area contributed by atoms with Crippen LogP contribution >= 0.6 is 15.9 Å². The quantitative estimate of drug-likeness (QED) is 0.879. The van der Waals surface area contributed by atoms with Crippen LogP contribution in [0.4, 0.5) is 5.69 Å². The molecule has 2 aromatic rings. The third kappa shape index (κ3) is 3.45. The fourth-order valence-electron chi connectivity index (χ4n) is 1.94. The number of ether oxygens (including phenoxy) is 2. The molecule has 1 N–H and O–H groups in total. The monoisotopic (exact) mass is 335 g/mol. The maximum atomic E-state index is 5.35. The fourth-order valence-corrected chi connectivity index (χ4v) is 2.57. The van der Waals surface area contributed by atoms with Gasteiger partial charge in [-0.25, -0.2) is 0 Å². The standard InChI is InChI=1S/C16H18BrNO2/c1-11-4-5-12(14(17)8-11)10-18-15-9-13(19-2)6-7-16(15)20-3/h4-9,18H,10H2,1-3H3. The minimum atomic E-state index is 0.713. The topological polar surface area (TPSA) is 30.5 Å². The Hall–Kier alpha value is -1.68. The number of aryl methyl sites for hydroxylation is 1. The van der Waals surface area contributed by atoms with Crippen LogP contribution in [0.5, 0.6) is 11.5 Å². The smallest absolute Gasteiger partial charge is 0.142 e. The molecule has 20 heavy (non-hydrogen) atoms.